The van der Waals surface area contributed by atoms with E-state index in [2.05, 4.69) is 46.5 Å². The normalized spacial score (nSPS) is 13.6. The van der Waals surface area contributed by atoms with Crippen molar-refractivity contribution in [1.29, 1.82) is 0 Å². The van der Waals surface area contributed by atoms with Crippen molar-refractivity contribution in [2.24, 2.45) is 0 Å². The molecule has 0 saturated heterocycles. The molecule has 0 radical (unpaired) electrons. The van der Waals surface area contributed by atoms with Crippen LogP contribution in [0.25, 0.3) is 0 Å². The molecule has 0 atom stereocenters. The Labute approximate surface area is 114 Å². The fourth-order valence-electron chi connectivity index (χ4n) is 2.58. The highest BCUT2D eigenvalue weighted by atomic mass is 15.1. The molecule has 19 heavy (non-hydrogen) atoms. The lowest BCUT2D eigenvalue weighted by atomic mass is 10.1. The maximum atomic E-state index is 4.12. The third kappa shape index (κ3) is 2.76. The molecule has 2 heterocycles. The Hall–Kier alpha value is -1.87. The van der Waals surface area contributed by atoms with Crippen LogP contribution in [0.5, 0.6) is 0 Å². The summed E-state index contributed by atoms with van der Waals surface area (Å²) >= 11 is 0. The lowest BCUT2D eigenvalue weighted by molar-refractivity contribution is 0.691. The van der Waals surface area contributed by atoms with E-state index in [9.17, 15) is 0 Å². The van der Waals surface area contributed by atoms with Gasteiger partial charge >= 0.3 is 0 Å². The molecule has 3 nitrogen and oxygen atoms in total. The maximum absolute atomic E-state index is 4.12. The number of fused-ring (bicyclic) bond motifs is 1. The van der Waals surface area contributed by atoms with Gasteiger partial charge in [0.05, 0.1) is 0 Å². The molecule has 1 aliphatic heterocycles. The van der Waals surface area contributed by atoms with Crippen LogP contribution in [-0.2, 0) is 19.5 Å². The molecular weight excluding hydrogens is 234 g/mol. The highest BCUT2D eigenvalue weighted by Gasteiger charge is 2.15. The van der Waals surface area contributed by atoms with E-state index >= 15 is 0 Å². The van der Waals surface area contributed by atoms with Gasteiger partial charge in [0.25, 0.3) is 0 Å². The molecule has 3 rings (SSSR count). The lowest BCUT2D eigenvalue weighted by Crippen LogP contribution is -2.13. The number of nitrogens with one attached hydrogen (secondary N) is 1. The van der Waals surface area contributed by atoms with Crippen LogP contribution in [0.3, 0.4) is 0 Å². The Morgan fingerprint density at radius 1 is 1.21 bits per heavy atom. The Kier molecular flexibility index (Phi) is 3.47. The van der Waals surface area contributed by atoms with Gasteiger partial charge in [0.2, 0.25) is 0 Å². The van der Waals surface area contributed by atoms with Gasteiger partial charge in [0, 0.05) is 44.8 Å². The minimum atomic E-state index is 0.866. The van der Waals surface area contributed by atoms with Crippen LogP contribution in [-0.4, -0.2) is 18.6 Å². The molecule has 2 aromatic rings. The first-order chi connectivity index (χ1) is 9.33. The first-order valence-electron chi connectivity index (χ1n) is 6.75. The Morgan fingerprint density at radius 3 is 2.95 bits per heavy atom. The number of nitrogens with zero attached hydrogens (tertiary/aromatic N) is 2. The van der Waals surface area contributed by atoms with Gasteiger partial charge in [0.1, 0.15) is 0 Å². The Bertz CT molecular complexity index is 551. The van der Waals surface area contributed by atoms with Gasteiger partial charge in [-0.15, -0.1) is 0 Å². The summed E-state index contributed by atoms with van der Waals surface area (Å²) in [6.07, 6.45) is 4.88. The molecule has 0 fully saturated rings. The Balaban J connectivity index is 1.59. The average molecular weight is 253 g/mol. The molecule has 0 saturated carbocycles. The van der Waals surface area contributed by atoms with Gasteiger partial charge < -0.3 is 10.2 Å². The second-order valence-corrected chi connectivity index (χ2v) is 5.10. The van der Waals surface area contributed by atoms with E-state index in [1.54, 1.807) is 6.20 Å². The number of anilines is 1. The summed E-state index contributed by atoms with van der Waals surface area (Å²) in [6, 6.07) is 10.9. The fraction of sp³-hybridized carbons (Fsp3) is 0.312. The third-order valence-electron chi connectivity index (χ3n) is 3.65. The molecule has 1 aromatic heterocycles. The largest absolute Gasteiger partial charge is 0.374 e. The van der Waals surface area contributed by atoms with Gasteiger partial charge in [-0.2, -0.15) is 0 Å². The lowest BCUT2D eigenvalue weighted by Gasteiger charge is -2.12. The molecule has 0 bridgehead atoms. The van der Waals surface area contributed by atoms with Gasteiger partial charge in [-0.1, -0.05) is 18.2 Å². The third-order valence-corrected chi connectivity index (χ3v) is 3.65. The predicted molar refractivity (Wildman–Crippen MR) is 78.2 cm³/mol. The van der Waals surface area contributed by atoms with Crippen molar-refractivity contribution < 1.29 is 0 Å². The van der Waals surface area contributed by atoms with Crippen molar-refractivity contribution >= 4 is 5.69 Å². The molecular formula is C16H19N3. The van der Waals surface area contributed by atoms with E-state index in [0.717, 1.165) is 19.6 Å². The zero-order chi connectivity index (χ0) is 13.1. The molecule has 1 aliphatic rings. The fourth-order valence-corrected chi connectivity index (χ4v) is 2.58. The molecule has 0 amide bonds. The predicted octanol–water partition coefficient (Wildman–Crippen LogP) is 2.36. The van der Waals surface area contributed by atoms with Crippen LogP contribution < -0.4 is 10.2 Å². The van der Waals surface area contributed by atoms with E-state index in [1.807, 2.05) is 12.3 Å². The van der Waals surface area contributed by atoms with E-state index in [4.69, 9.17) is 0 Å². The first kappa shape index (κ1) is 12.2. The highest BCUT2D eigenvalue weighted by molar-refractivity contribution is 5.58. The number of aromatic nitrogens is 1. The zero-order valence-electron chi connectivity index (χ0n) is 11.3. The topological polar surface area (TPSA) is 28.2 Å². The number of rotatable bonds is 4. The zero-order valence-corrected chi connectivity index (χ0v) is 11.3. The summed E-state index contributed by atoms with van der Waals surface area (Å²) in [4.78, 5) is 6.44. The molecule has 1 N–H and O–H groups in total. The van der Waals surface area contributed by atoms with Crippen LogP contribution in [0.2, 0.25) is 0 Å². The number of hydrogen-bond acceptors (Lipinski definition) is 3. The molecule has 0 spiro atoms. The molecule has 98 valence electrons. The van der Waals surface area contributed by atoms with Crippen molar-refractivity contribution in [2.45, 2.75) is 19.5 Å². The van der Waals surface area contributed by atoms with Crippen molar-refractivity contribution in [1.82, 2.24) is 10.3 Å². The summed E-state index contributed by atoms with van der Waals surface area (Å²) < 4.78 is 0. The minimum Gasteiger partial charge on any atom is -0.374 e. The van der Waals surface area contributed by atoms with Crippen LogP contribution in [0.15, 0.2) is 42.7 Å². The second kappa shape index (κ2) is 5.41. The second-order valence-electron chi connectivity index (χ2n) is 5.10. The van der Waals surface area contributed by atoms with Crippen molar-refractivity contribution in [2.75, 3.05) is 18.5 Å². The Morgan fingerprint density at radius 2 is 2.11 bits per heavy atom. The number of likely N-dealkylation sites (N-methyl/N-ethyl adjacent to an activating group) is 1. The minimum absolute atomic E-state index is 0.866. The van der Waals surface area contributed by atoms with Gasteiger partial charge in [0.15, 0.2) is 0 Å². The summed E-state index contributed by atoms with van der Waals surface area (Å²) in [7, 11) is 2.16. The van der Waals surface area contributed by atoms with Crippen molar-refractivity contribution in [3.05, 3.63) is 59.4 Å². The summed E-state index contributed by atoms with van der Waals surface area (Å²) in [5, 5.41) is 3.47. The average Bonchev–Trinajstić information content (AvgIpc) is 2.81. The van der Waals surface area contributed by atoms with Crippen molar-refractivity contribution in [3.63, 3.8) is 0 Å². The smallest absolute Gasteiger partial charge is 0.0397 e. The molecule has 0 aliphatic carbocycles. The monoisotopic (exact) mass is 253 g/mol. The van der Waals surface area contributed by atoms with Crippen molar-refractivity contribution in [3.8, 4) is 0 Å². The van der Waals surface area contributed by atoms with E-state index in [0.29, 0.717) is 0 Å². The van der Waals surface area contributed by atoms with E-state index in [-0.39, 0.29) is 0 Å². The summed E-state index contributed by atoms with van der Waals surface area (Å²) in [5.74, 6) is 0. The van der Waals surface area contributed by atoms with Gasteiger partial charge in [-0.05, 0) is 35.2 Å². The number of hydrogen-bond donors (Lipinski definition) is 1. The quantitative estimate of drug-likeness (QED) is 0.906. The standard InChI is InChI=1S/C16H19N3/c1-19-8-6-15-9-13(4-5-16(15)19)10-18-12-14-3-2-7-17-11-14/h2-5,7,9,11,18H,6,8,10,12H2,1H3. The molecule has 0 unspecified atom stereocenters. The van der Waals surface area contributed by atoms with Crippen LogP contribution in [0, 0.1) is 0 Å². The molecule has 3 heteroatoms. The SMILES string of the molecule is CN1CCc2cc(CNCc3cccnc3)ccc21. The van der Waals surface area contributed by atoms with Gasteiger partial charge in [-0.25, -0.2) is 0 Å². The van der Waals surface area contributed by atoms with Crippen LogP contribution in [0.4, 0.5) is 5.69 Å². The van der Waals surface area contributed by atoms with Crippen LogP contribution >= 0.6 is 0 Å². The first-order valence-corrected chi connectivity index (χ1v) is 6.75. The van der Waals surface area contributed by atoms with E-state index < -0.39 is 0 Å². The maximum Gasteiger partial charge on any atom is 0.0397 e. The summed E-state index contributed by atoms with van der Waals surface area (Å²) in [6.45, 7) is 2.92. The van der Waals surface area contributed by atoms with Gasteiger partial charge in [-0.3, -0.25) is 4.98 Å². The number of pyridine rings is 1. The van der Waals surface area contributed by atoms with E-state index in [1.165, 1.54) is 28.8 Å². The highest BCUT2D eigenvalue weighted by Crippen LogP contribution is 2.27. The number of benzene rings is 1. The van der Waals surface area contributed by atoms with Crippen LogP contribution in [0.1, 0.15) is 16.7 Å². The molecule has 1 aromatic carbocycles. The summed E-state index contributed by atoms with van der Waals surface area (Å²) in [5.41, 5.74) is 5.44.